The molecule has 2 aromatic heterocycles. The molecule has 1 N–H and O–H groups in total. The van der Waals surface area contributed by atoms with E-state index >= 15 is 0 Å². The smallest absolute Gasteiger partial charge is 0.374 e. The molecule has 5 heterocycles. The van der Waals surface area contributed by atoms with Crippen molar-refractivity contribution in [1.82, 2.24) is 19.4 Å². The number of nitrogens with one attached hydrogen (secondary N) is 1. The number of carbonyl (C=O) groups excluding carboxylic acids is 2. The van der Waals surface area contributed by atoms with Crippen molar-refractivity contribution in [2.75, 3.05) is 14.2 Å². The van der Waals surface area contributed by atoms with Crippen LogP contribution in [0.1, 0.15) is 35.5 Å². The highest BCUT2D eigenvalue weighted by atomic mass is 19.4. The molecule has 5 aromatic rings. The van der Waals surface area contributed by atoms with E-state index in [0.29, 0.717) is 12.1 Å². The van der Waals surface area contributed by atoms with Gasteiger partial charge in [-0.1, -0.05) is 36.4 Å². The predicted octanol–water partition coefficient (Wildman–Crippen LogP) is 5.16. The zero-order valence-corrected chi connectivity index (χ0v) is 22.4. The number of nitrogens with zero attached hydrogens (tertiary/aromatic N) is 3. The van der Waals surface area contributed by atoms with Crippen LogP contribution in [-0.4, -0.2) is 58.3 Å². The first kappa shape index (κ1) is 24.7. The van der Waals surface area contributed by atoms with Crippen LogP contribution in [0.5, 0.6) is 0 Å². The van der Waals surface area contributed by atoms with Gasteiger partial charge in [-0.25, -0.2) is 0 Å². The Hall–Kier alpha value is -4.09. The maximum atomic E-state index is 13.7. The number of benzene rings is 3. The number of amides is 2. The van der Waals surface area contributed by atoms with Gasteiger partial charge in [0.05, 0.1) is 33.7 Å². The minimum atomic E-state index is -5.05. The summed E-state index contributed by atoms with van der Waals surface area (Å²) in [6.07, 6.45) is -6.71. The summed E-state index contributed by atoms with van der Waals surface area (Å²) < 4.78 is 58.0. The first-order valence-corrected chi connectivity index (χ1v) is 13.4. The van der Waals surface area contributed by atoms with Gasteiger partial charge in [0, 0.05) is 48.7 Å². The number of alkyl halides is 3. The minimum Gasteiger partial charge on any atom is -0.374 e. The third kappa shape index (κ3) is 2.87. The van der Waals surface area contributed by atoms with Crippen molar-refractivity contribution >= 4 is 55.4 Å². The van der Waals surface area contributed by atoms with Gasteiger partial charge in [0.1, 0.15) is 12.3 Å². The molecule has 8 nitrogen and oxygen atoms in total. The average Bonchev–Trinajstić information content (AvgIpc) is 3.59. The zero-order valence-electron chi connectivity index (χ0n) is 22.4. The molecule has 0 saturated carbocycles. The summed E-state index contributed by atoms with van der Waals surface area (Å²) >= 11 is 0. The number of likely N-dealkylation sites (N-methyl/N-ethyl adjacent to an activating group) is 1. The van der Waals surface area contributed by atoms with Crippen LogP contribution in [0.3, 0.4) is 0 Å². The quantitative estimate of drug-likeness (QED) is 0.323. The van der Waals surface area contributed by atoms with E-state index in [1.807, 2.05) is 64.6 Å². The van der Waals surface area contributed by atoms with Gasteiger partial charge in [-0.2, -0.15) is 13.2 Å². The number of methoxy groups -OCH3 is 1. The van der Waals surface area contributed by atoms with Crippen molar-refractivity contribution in [3.05, 3.63) is 59.7 Å². The molecule has 3 aliphatic heterocycles. The number of hydrogen-bond acceptors (Lipinski definition) is 4. The second-order valence-electron chi connectivity index (χ2n) is 11.2. The molecule has 3 aliphatic rings. The molecule has 1 fully saturated rings. The Kier molecular flexibility index (Phi) is 4.70. The van der Waals surface area contributed by atoms with E-state index in [9.17, 15) is 22.8 Å². The number of ether oxygens (including phenoxy) is 2. The Labute approximate surface area is 231 Å². The monoisotopic (exact) mass is 562 g/mol. The normalized spacial score (nSPS) is 25.3. The summed E-state index contributed by atoms with van der Waals surface area (Å²) in [5, 5.41) is 6.45. The SMILES string of the molecule is CO[C@@H]1[C@H](N(C)C(=O)C(F)(F)F)C[C@H]2O[C@]1(C)n1c3ccccc3c3c4c(c5c6ccccc6n2c5c31)C(=O)NC4. The molecule has 0 aliphatic carbocycles. The molecule has 0 spiro atoms. The molecule has 2 amide bonds. The first-order valence-electron chi connectivity index (χ1n) is 13.4. The molecular formula is C30H25F3N4O4. The zero-order chi connectivity index (χ0) is 28.6. The number of para-hydroxylation sites is 2. The Morgan fingerprint density at radius 2 is 1.73 bits per heavy atom. The molecule has 2 bridgehead atoms. The fraction of sp³-hybridized carbons (Fsp3) is 0.333. The number of rotatable bonds is 2. The molecule has 4 atom stereocenters. The first-order chi connectivity index (χ1) is 19.6. The third-order valence-corrected chi connectivity index (χ3v) is 9.26. The summed E-state index contributed by atoms with van der Waals surface area (Å²) in [4.78, 5) is 26.7. The van der Waals surface area contributed by atoms with Gasteiger partial charge in [-0.3, -0.25) is 9.59 Å². The highest BCUT2D eigenvalue weighted by Crippen LogP contribution is 2.54. The lowest BCUT2D eigenvalue weighted by Crippen LogP contribution is -2.62. The fourth-order valence-corrected chi connectivity index (χ4v) is 7.74. The Bertz CT molecular complexity index is 1990. The highest BCUT2D eigenvalue weighted by molar-refractivity contribution is 6.31. The average molecular weight is 563 g/mol. The van der Waals surface area contributed by atoms with E-state index < -0.39 is 36.2 Å². The van der Waals surface area contributed by atoms with Crippen LogP contribution >= 0.6 is 0 Å². The van der Waals surface area contributed by atoms with Gasteiger partial charge >= 0.3 is 12.1 Å². The fourth-order valence-electron chi connectivity index (χ4n) is 7.74. The Morgan fingerprint density at radius 3 is 2.41 bits per heavy atom. The molecule has 3 aromatic carbocycles. The van der Waals surface area contributed by atoms with Gasteiger partial charge in [-0.15, -0.1) is 0 Å². The number of hydrogen-bond donors (Lipinski definition) is 1. The van der Waals surface area contributed by atoms with E-state index in [1.54, 1.807) is 0 Å². The lowest BCUT2D eigenvalue weighted by atomic mass is 9.91. The second-order valence-corrected chi connectivity index (χ2v) is 11.2. The lowest BCUT2D eigenvalue weighted by Gasteiger charge is -2.50. The maximum absolute atomic E-state index is 13.7. The van der Waals surface area contributed by atoms with Crippen molar-refractivity contribution in [3.8, 4) is 0 Å². The molecule has 1 saturated heterocycles. The van der Waals surface area contributed by atoms with Gasteiger partial charge in [0.25, 0.3) is 5.91 Å². The van der Waals surface area contributed by atoms with Crippen LogP contribution in [-0.2, 0) is 26.5 Å². The van der Waals surface area contributed by atoms with E-state index in [1.165, 1.54) is 14.2 Å². The van der Waals surface area contributed by atoms with Crippen molar-refractivity contribution in [3.63, 3.8) is 0 Å². The van der Waals surface area contributed by atoms with Gasteiger partial charge in [0.2, 0.25) is 0 Å². The molecule has 8 rings (SSSR count). The molecule has 0 radical (unpaired) electrons. The van der Waals surface area contributed by atoms with Gasteiger partial charge < -0.3 is 28.8 Å². The van der Waals surface area contributed by atoms with Crippen LogP contribution in [0.2, 0.25) is 0 Å². The molecule has 210 valence electrons. The van der Waals surface area contributed by atoms with Crippen LogP contribution < -0.4 is 5.32 Å². The standard InChI is InChI=1S/C30H25F3N4O4/c1-29-26(40-3)19(35(2)28(39)30(31,32)33)12-20(41-29)36-17-10-6-4-8-14(17)22-23-16(13-34-27(23)38)21-15-9-5-7-11-18(15)37(29)25(21)24(22)36/h4-11,19-20,26H,12-13H2,1-3H3,(H,34,38)/t19-,20-,26-,29+/m1/s1. The van der Waals surface area contributed by atoms with Crippen molar-refractivity contribution in [2.45, 2.75) is 50.2 Å². The molecule has 41 heavy (non-hydrogen) atoms. The third-order valence-electron chi connectivity index (χ3n) is 9.26. The summed E-state index contributed by atoms with van der Waals surface area (Å²) in [6, 6.07) is 14.5. The summed E-state index contributed by atoms with van der Waals surface area (Å²) in [5.41, 5.74) is 3.36. The van der Waals surface area contributed by atoms with E-state index in [4.69, 9.17) is 9.47 Å². The van der Waals surface area contributed by atoms with Crippen LogP contribution in [0.15, 0.2) is 48.5 Å². The topological polar surface area (TPSA) is 77.7 Å². The van der Waals surface area contributed by atoms with Crippen molar-refractivity contribution in [2.24, 2.45) is 0 Å². The van der Waals surface area contributed by atoms with Gasteiger partial charge in [-0.05, 0) is 24.6 Å². The highest BCUT2D eigenvalue weighted by Gasteiger charge is 2.56. The minimum absolute atomic E-state index is 0.0493. The molecular weight excluding hydrogens is 537 g/mol. The number of carbonyl (C=O) groups is 2. The predicted molar refractivity (Wildman–Crippen MR) is 145 cm³/mol. The van der Waals surface area contributed by atoms with Crippen LogP contribution in [0, 0.1) is 0 Å². The van der Waals surface area contributed by atoms with Crippen LogP contribution in [0.4, 0.5) is 13.2 Å². The largest absolute Gasteiger partial charge is 0.471 e. The molecule has 11 heteroatoms. The molecule has 0 unspecified atom stereocenters. The second kappa shape index (κ2) is 7.80. The van der Waals surface area contributed by atoms with E-state index in [-0.39, 0.29) is 12.3 Å². The summed E-state index contributed by atoms with van der Waals surface area (Å²) in [5.74, 6) is -2.10. The number of aromatic nitrogens is 2. The summed E-state index contributed by atoms with van der Waals surface area (Å²) in [6.45, 7) is 2.17. The number of halogens is 3. The lowest BCUT2D eigenvalue weighted by molar-refractivity contribution is -0.269. The van der Waals surface area contributed by atoms with E-state index in [2.05, 4.69) is 5.32 Å². The van der Waals surface area contributed by atoms with Crippen molar-refractivity contribution in [1.29, 1.82) is 0 Å². The Morgan fingerprint density at radius 1 is 1.07 bits per heavy atom. The maximum Gasteiger partial charge on any atom is 0.471 e. The Balaban J connectivity index is 1.58. The van der Waals surface area contributed by atoms with Crippen molar-refractivity contribution < 1.29 is 32.2 Å². The van der Waals surface area contributed by atoms with Gasteiger partial charge in [0.15, 0.2) is 5.72 Å². The van der Waals surface area contributed by atoms with E-state index in [0.717, 1.165) is 54.1 Å². The number of fused-ring (bicyclic) bond motifs is 13. The van der Waals surface area contributed by atoms with Crippen LogP contribution in [0.25, 0.3) is 43.6 Å². The summed E-state index contributed by atoms with van der Waals surface area (Å²) in [7, 11) is 2.61.